The van der Waals surface area contributed by atoms with Crippen molar-refractivity contribution in [1.29, 1.82) is 0 Å². The molecule has 0 aliphatic carbocycles. The van der Waals surface area contributed by atoms with Crippen LogP contribution in [0.2, 0.25) is 0 Å². The van der Waals surface area contributed by atoms with Gasteiger partial charge < -0.3 is 10.8 Å². The van der Waals surface area contributed by atoms with Crippen molar-refractivity contribution in [2.45, 2.75) is 12.5 Å². The number of ketones is 1. The molecule has 0 spiro atoms. The Morgan fingerprint density at radius 3 is 2.50 bits per heavy atom. The summed E-state index contributed by atoms with van der Waals surface area (Å²) in [5.41, 5.74) is 8.29. The number of nitrogens with one attached hydrogen (secondary N) is 1. The zero-order chi connectivity index (χ0) is 12.1. The quantitative estimate of drug-likeness (QED) is 0.237. The lowest BCUT2D eigenvalue weighted by Crippen LogP contribution is -2.42. The molecule has 86 valence electrons. The molecule has 1 atom stereocenters. The molecule has 0 radical (unpaired) electrons. The lowest BCUT2D eigenvalue weighted by molar-refractivity contribution is -0.139. The fourth-order valence-electron chi connectivity index (χ4n) is 1.26. The van der Waals surface area contributed by atoms with E-state index >= 15 is 0 Å². The van der Waals surface area contributed by atoms with Crippen LogP contribution < -0.4 is 17.0 Å². The maximum atomic E-state index is 11.7. The van der Waals surface area contributed by atoms with Gasteiger partial charge in [-0.2, -0.15) is 0 Å². The molecule has 0 saturated heterocycles. The summed E-state index contributed by atoms with van der Waals surface area (Å²) in [6.45, 7) is 0. The zero-order valence-electron chi connectivity index (χ0n) is 8.51. The third-order valence-corrected chi connectivity index (χ3v) is 2.15. The van der Waals surface area contributed by atoms with E-state index in [1.165, 1.54) is 0 Å². The second-order valence-electron chi connectivity index (χ2n) is 3.27. The van der Waals surface area contributed by atoms with Gasteiger partial charge in [0.25, 0.3) is 0 Å². The smallest absolute Gasteiger partial charge is 0.322 e. The van der Waals surface area contributed by atoms with Gasteiger partial charge in [-0.15, -0.1) is 0 Å². The third-order valence-electron chi connectivity index (χ3n) is 2.15. The van der Waals surface area contributed by atoms with Crippen LogP contribution in [0.4, 0.5) is 5.69 Å². The van der Waals surface area contributed by atoms with Crippen LogP contribution in [0.3, 0.4) is 0 Å². The van der Waals surface area contributed by atoms with Crippen LogP contribution >= 0.6 is 0 Å². The van der Waals surface area contributed by atoms with E-state index in [0.29, 0.717) is 11.3 Å². The van der Waals surface area contributed by atoms with Crippen LogP contribution in [0.1, 0.15) is 16.8 Å². The largest absolute Gasteiger partial charge is 0.480 e. The average Bonchev–Trinajstić information content (AvgIpc) is 2.25. The van der Waals surface area contributed by atoms with Gasteiger partial charge in [-0.3, -0.25) is 15.4 Å². The number of Topliss-reactive ketones (excluding diaryl/α,β-unsaturated/α-hetero) is 1. The highest BCUT2D eigenvalue weighted by Crippen LogP contribution is 2.13. The molecule has 0 aliphatic heterocycles. The lowest BCUT2D eigenvalue weighted by atomic mass is 10.0. The molecule has 6 nitrogen and oxygen atoms in total. The summed E-state index contributed by atoms with van der Waals surface area (Å²) in [6, 6.07) is 5.38. The Morgan fingerprint density at radius 2 is 2.00 bits per heavy atom. The SMILES string of the molecule is NN[C@@H](CC(=O)c1ccccc1N)C(=O)O. The number of nitrogens with two attached hydrogens (primary N) is 2. The van der Waals surface area contributed by atoms with Gasteiger partial charge in [0.15, 0.2) is 5.78 Å². The predicted molar refractivity (Wildman–Crippen MR) is 58.5 cm³/mol. The second-order valence-corrected chi connectivity index (χ2v) is 3.27. The number of anilines is 1. The van der Waals surface area contributed by atoms with Crippen molar-refractivity contribution >= 4 is 17.4 Å². The molecule has 0 aliphatic rings. The van der Waals surface area contributed by atoms with Crippen molar-refractivity contribution < 1.29 is 14.7 Å². The maximum Gasteiger partial charge on any atom is 0.322 e. The minimum Gasteiger partial charge on any atom is -0.480 e. The van der Waals surface area contributed by atoms with Crippen LogP contribution in [-0.4, -0.2) is 22.9 Å². The highest BCUT2D eigenvalue weighted by Gasteiger charge is 2.21. The Balaban J connectivity index is 2.80. The summed E-state index contributed by atoms with van der Waals surface area (Å²) < 4.78 is 0. The van der Waals surface area contributed by atoms with Gasteiger partial charge in [-0.1, -0.05) is 12.1 Å². The number of aliphatic carboxylic acids is 1. The van der Waals surface area contributed by atoms with E-state index in [1.807, 2.05) is 0 Å². The molecule has 0 amide bonds. The van der Waals surface area contributed by atoms with Crippen LogP contribution in [-0.2, 0) is 4.79 Å². The monoisotopic (exact) mass is 223 g/mol. The van der Waals surface area contributed by atoms with E-state index in [4.69, 9.17) is 16.7 Å². The molecular formula is C10H13N3O3. The standard InChI is InChI=1S/C10H13N3O3/c11-7-4-2-1-3-6(7)9(14)5-8(13-12)10(15)16/h1-4,8,13H,5,11-12H2,(H,15,16)/t8-/m0/s1. The number of nitrogen functional groups attached to an aromatic ring is 1. The van der Waals surface area contributed by atoms with Crippen LogP contribution in [0, 0.1) is 0 Å². The number of carbonyl (C=O) groups is 2. The first kappa shape index (κ1) is 12.2. The molecule has 0 aromatic heterocycles. The lowest BCUT2D eigenvalue weighted by Gasteiger charge is -2.10. The van der Waals surface area contributed by atoms with Crippen molar-refractivity contribution in [2.24, 2.45) is 5.84 Å². The number of hydrogen-bond donors (Lipinski definition) is 4. The summed E-state index contributed by atoms with van der Waals surface area (Å²) >= 11 is 0. The summed E-state index contributed by atoms with van der Waals surface area (Å²) in [6.07, 6.45) is -0.236. The fraction of sp³-hybridized carbons (Fsp3) is 0.200. The molecule has 1 aromatic rings. The first-order chi connectivity index (χ1) is 7.56. The fourth-order valence-corrected chi connectivity index (χ4v) is 1.26. The molecule has 16 heavy (non-hydrogen) atoms. The molecule has 1 aromatic carbocycles. The average molecular weight is 223 g/mol. The van der Waals surface area contributed by atoms with Gasteiger partial charge in [0.2, 0.25) is 0 Å². The Hall–Kier alpha value is -1.92. The number of benzene rings is 1. The summed E-state index contributed by atoms with van der Waals surface area (Å²) in [5.74, 6) is 3.49. The summed E-state index contributed by atoms with van der Waals surface area (Å²) in [4.78, 5) is 22.4. The number of hydrazine groups is 1. The van der Waals surface area contributed by atoms with Crippen LogP contribution in [0.5, 0.6) is 0 Å². The van der Waals surface area contributed by atoms with E-state index in [2.05, 4.69) is 5.43 Å². The van der Waals surface area contributed by atoms with Crippen molar-refractivity contribution in [2.75, 3.05) is 5.73 Å². The Kier molecular flexibility index (Phi) is 3.98. The van der Waals surface area contributed by atoms with Gasteiger partial charge in [0.1, 0.15) is 6.04 Å². The normalized spacial score (nSPS) is 12.1. The van der Waals surface area contributed by atoms with Crippen molar-refractivity contribution in [3.8, 4) is 0 Å². The Bertz CT molecular complexity index is 406. The molecule has 0 heterocycles. The molecule has 0 saturated carbocycles. The minimum atomic E-state index is -1.18. The van der Waals surface area contributed by atoms with E-state index in [-0.39, 0.29) is 12.2 Å². The molecular weight excluding hydrogens is 210 g/mol. The first-order valence-electron chi connectivity index (χ1n) is 4.63. The molecule has 0 bridgehead atoms. The number of hydrogen-bond acceptors (Lipinski definition) is 5. The maximum absolute atomic E-state index is 11.7. The number of carboxylic acids is 1. The first-order valence-corrected chi connectivity index (χ1v) is 4.63. The molecule has 6 N–H and O–H groups in total. The van der Waals surface area contributed by atoms with Crippen LogP contribution in [0.15, 0.2) is 24.3 Å². The van der Waals surface area contributed by atoms with Gasteiger partial charge in [-0.25, -0.2) is 5.43 Å². The number of para-hydroxylation sites is 1. The summed E-state index contributed by atoms with van der Waals surface area (Å²) in [7, 11) is 0. The highest BCUT2D eigenvalue weighted by atomic mass is 16.4. The second kappa shape index (κ2) is 5.24. The van der Waals surface area contributed by atoms with Crippen molar-refractivity contribution in [3.63, 3.8) is 0 Å². The van der Waals surface area contributed by atoms with E-state index < -0.39 is 12.0 Å². The van der Waals surface area contributed by atoms with Crippen molar-refractivity contribution in [1.82, 2.24) is 5.43 Å². The van der Waals surface area contributed by atoms with Crippen LogP contribution in [0.25, 0.3) is 0 Å². The number of carbonyl (C=O) groups excluding carboxylic acids is 1. The molecule has 1 rings (SSSR count). The predicted octanol–water partition coefficient (Wildman–Crippen LogP) is -0.242. The Morgan fingerprint density at radius 1 is 1.38 bits per heavy atom. The van der Waals surface area contributed by atoms with Gasteiger partial charge in [-0.05, 0) is 12.1 Å². The van der Waals surface area contributed by atoms with E-state index in [9.17, 15) is 9.59 Å². The van der Waals surface area contributed by atoms with Gasteiger partial charge in [0, 0.05) is 17.7 Å². The van der Waals surface area contributed by atoms with E-state index in [0.717, 1.165) is 0 Å². The Labute approximate surface area is 92.2 Å². The third kappa shape index (κ3) is 2.78. The number of rotatable bonds is 5. The van der Waals surface area contributed by atoms with Gasteiger partial charge in [0.05, 0.1) is 0 Å². The molecule has 6 heteroatoms. The summed E-state index contributed by atoms with van der Waals surface area (Å²) in [5, 5.41) is 8.71. The number of carboxylic acid groups (broad SMARTS) is 1. The highest BCUT2D eigenvalue weighted by molar-refractivity contribution is 6.02. The zero-order valence-corrected chi connectivity index (χ0v) is 8.51. The topological polar surface area (TPSA) is 118 Å². The van der Waals surface area contributed by atoms with Crippen molar-refractivity contribution in [3.05, 3.63) is 29.8 Å². The van der Waals surface area contributed by atoms with Gasteiger partial charge >= 0.3 is 5.97 Å². The molecule has 0 fully saturated rings. The van der Waals surface area contributed by atoms with E-state index in [1.54, 1.807) is 24.3 Å². The minimum absolute atomic E-state index is 0.236. The molecule has 0 unspecified atom stereocenters.